The van der Waals surface area contributed by atoms with E-state index in [9.17, 15) is 0 Å². The van der Waals surface area contributed by atoms with Gasteiger partial charge in [0, 0.05) is 22.7 Å². The number of aryl methyl sites for hydroxylation is 1. The van der Waals surface area contributed by atoms with E-state index in [0.29, 0.717) is 0 Å². The molecule has 0 spiro atoms. The molecule has 0 aliphatic heterocycles. The van der Waals surface area contributed by atoms with E-state index in [1.54, 1.807) is 11.3 Å². The average Bonchev–Trinajstić information content (AvgIpc) is 3.56. The predicted octanol–water partition coefficient (Wildman–Crippen LogP) is 5.86. The number of H-pyrrole nitrogens is 2. The largest absolute Gasteiger partial charge is 0.357 e. The molecule has 5 heteroatoms. The standard InChI is InChI=1S/C28H28N4S/c1-6-9-22(21-13-15-33-17-21)23-16-26(30-20(23)5)28-27(18(2)3)25(31-32-28)12-11-19(4)24-10-7-8-14-29-24/h6-17,30-31H,1H2,2-5H3/b19-11+,22-9-,25-12+. The van der Waals surface area contributed by atoms with Crippen LogP contribution in [0.15, 0.2) is 72.1 Å². The molecule has 4 heterocycles. The van der Waals surface area contributed by atoms with E-state index in [2.05, 4.69) is 90.5 Å². The molecule has 0 fully saturated rings. The molecule has 33 heavy (non-hydrogen) atoms. The first kappa shape index (κ1) is 22.5. The smallest absolute Gasteiger partial charge is 0.116 e. The number of aromatic nitrogens is 4. The van der Waals surface area contributed by atoms with Gasteiger partial charge < -0.3 is 4.98 Å². The molecule has 4 rings (SSSR count). The molecular formula is C28H28N4S. The highest BCUT2D eigenvalue weighted by molar-refractivity contribution is 7.08. The lowest BCUT2D eigenvalue weighted by Crippen LogP contribution is -2.25. The Hall–Kier alpha value is -3.70. The number of nitrogens with zero attached hydrogens (tertiary/aromatic N) is 2. The van der Waals surface area contributed by atoms with Gasteiger partial charge in [-0.2, -0.15) is 16.4 Å². The second-order valence-corrected chi connectivity index (χ2v) is 8.92. The van der Waals surface area contributed by atoms with Crippen LogP contribution in [0.3, 0.4) is 0 Å². The topological polar surface area (TPSA) is 57.4 Å². The maximum atomic E-state index is 4.69. The molecule has 0 unspecified atom stereocenters. The normalized spacial score (nSPS) is 12.9. The van der Waals surface area contributed by atoms with Crippen molar-refractivity contribution >= 4 is 34.1 Å². The first-order valence-corrected chi connectivity index (χ1v) is 11.8. The Kier molecular flexibility index (Phi) is 6.71. The molecule has 0 aliphatic rings. The number of hydrogen-bond acceptors (Lipinski definition) is 3. The van der Waals surface area contributed by atoms with Crippen LogP contribution in [-0.4, -0.2) is 20.2 Å². The van der Waals surface area contributed by atoms with Gasteiger partial charge in [-0.1, -0.05) is 36.4 Å². The minimum Gasteiger partial charge on any atom is -0.357 e. The zero-order valence-electron chi connectivity index (χ0n) is 19.4. The first-order chi connectivity index (χ1) is 16.0. The molecule has 4 aromatic heterocycles. The highest BCUT2D eigenvalue weighted by Gasteiger charge is 2.15. The van der Waals surface area contributed by atoms with Crippen molar-refractivity contribution in [2.75, 3.05) is 0 Å². The molecule has 0 aromatic carbocycles. The number of pyridine rings is 1. The van der Waals surface area contributed by atoms with Gasteiger partial charge in [-0.15, -0.1) is 0 Å². The summed E-state index contributed by atoms with van der Waals surface area (Å²) in [7, 11) is 0. The second-order valence-electron chi connectivity index (χ2n) is 8.14. The van der Waals surface area contributed by atoms with Crippen LogP contribution in [0, 0.1) is 6.92 Å². The maximum absolute atomic E-state index is 4.69. The lowest BCUT2D eigenvalue weighted by molar-refractivity contribution is 1.06. The van der Waals surface area contributed by atoms with Gasteiger partial charge in [0.2, 0.25) is 0 Å². The zero-order valence-corrected chi connectivity index (χ0v) is 20.3. The Morgan fingerprint density at radius 2 is 1.97 bits per heavy atom. The van der Waals surface area contributed by atoms with Crippen molar-refractivity contribution in [1.29, 1.82) is 0 Å². The highest BCUT2D eigenvalue weighted by Crippen LogP contribution is 2.30. The van der Waals surface area contributed by atoms with Gasteiger partial charge in [0.15, 0.2) is 0 Å². The van der Waals surface area contributed by atoms with E-state index in [1.165, 1.54) is 11.1 Å². The van der Waals surface area contributed by atoms with Crippen molar-refractivity contribution in [3.8, 4) is 11.4 Å². The van der Waals surface area contributed by atoms with Gasteiger partial charge in [0.25, 0.3) is 0 Å². The summed E-state index contributed by atoms with van der Waals surface area (Å²) in [6.07, 6.45) is 9.88. The summed E-state index contributed by atoms with van der Waals surface area (Å²) in [6.45, 7) is 12.3. The van der Waals surface area contributed by atoms with Gasteiger partial charge in [0.05, 0.1) is 16.7 Å². The SMILES string of the molecule is C=C/C=C(/c1ccsc1)c1cc(-c2n[nH]/c(=C/C=C(\C)c3ccccn3)c2=C(C)C)[nH]c1C. The van der Waals surface area contributed by atoms with Crippen molar-refractivity contribution in [2.45, 2.75) is 27.7 Å². The zero-order chi connectivity index (χ0) is 23.4. The fourth-order valence-corrected chi connectivity index (χ4v) is 4.57. The van der Waals surface area contributed by atoms with Crippen LogP contribution >= 0.6 is 11.3 Å². The minimum atomic E-state index is 0.919. The molecule has 0 atom stereocenters. The Balaban J connectivity index is 1.80. The van der Waals surface area contributed by atoms with E-state index in [1.807, 2.05) is 30.5 Å². The molecule has 0 saturated carbocycles. The molecule has 0 saturated heterocycles. The number of nitrogens with one attached hydrogen (secondary N) is 2. The fourth-order valence-electron chi connectivity index (χ4n) is 3.91. The van der Waals surface area contributed by atoms with Crippen LogP contribution in [0.25, 0.3) is 34.2 Å². The third kappa shape index (κ3) is 4.73. The Morgan fingerprint density at radius 1 is 1.12 bits per heavy atom. The van der Waals surface area contributed by atoms with Crippen molar-refractivity contribution in [2.24, 2.45) is 0 Å². The van der Waals surface area contributed by atoms with Gasteiger partial charge in [0.1, 0.15) is 5.69 Å². The lowest BCUT2D eigenvalue weighted by Gasteiger charge is -2.03. The van der Waals surface area contributed by atoms with Gasteiger partial charge in [-0.25, -0.2) is 0 Å². The molecule has 4 nitrogen and oxygen atoms in total. The number of allylic oxidation sites excluding steroid dienone is 4. The molecule has 2 N–H and O–H groups in total. The molecule has 0 aliphatic carbocycles. The van der Waals surface area contributed by atoms with Crippen LogP contribution < -0.4 is 10.6 Å². The maximum Gasteiger partial charge on any atom is 0.116 e. The summed E-state index contributed by atoms with van der Waals surface area (Å²) in [4.78, 5) is 7.98. The molecule has 0 amide bonds. The summed E-state index contributed by atoms with van der Waals surface area (Å²) >= 11 is 1.69. The van der Waals surface area contributed by atoms with Crippen LogP contribution in [0.1, 0.15) is 43.3 Å². The number of thiophene rings is 1. The third-order valence-corrected chi connectivity index (χ3v) is 6.22. The third-order valence-electron chi connectivity index (χ3n) is 5.54. The van der Waals surface area contributed by atoms with Crippen LogP contribution in [0.5, 0.6) is 0 Å². The molecule has 4 aromatic rings. The quantitative estimate of drug-likeness (QED) is 0.360. The summed E-state index contributed by atoms with van der Waals surface area (Å²) in [6, 6.07) is 10.3. The summed E-state index contributed by atoms with van der Waals surface area (Å²) in [5.74, 6) is 0. The van der Waals surface area contributed by atoms with E-state index in [-0.39, 0.29) is 0 Å². The van der Waals surface area contributed by atoms with Gasteiger partial charge in [-0.05, 0) is 85.5 Å². The second kappa shape index (κ2) is 9.84. The van der Waals surface area contributed by atoms with Crippen molar-refractivity contribution in [3.63, 3.8) is 0 Å². The lowest BCUT2D eigenvalue weighted by atomic mass is 10.00. The minimum absolute atomic E-state index is 0.919. The molecule has 0 radical (unpaired) electrons. The summed E-state index contributed by atoms with van der Waals surface area (Å²) in [5.41, 5.74) is 9.77. The predicted molar refractivity (Wildman–Crippen MR) is 141 cm³/mol. The first-order valence-electron chi connectivity index (χ1n) is 10.9. The highest BCUT2D eigenvalue weighted by atomic mass is 32.1. The Morgan fingerprint density at radius 3 is 2.64 bits per heavy atom. The van der Waals surface area contributed by atoms with E-state index in [0.717, 1.165) is 50.1 Å². The van der Waals surface area contributed by atoms with Crippen molar-refractivity contribution < 1.29 is 0 Å². The van der Waals surface area contributed by atoms with Crippen LogP contribution in [0.2, 0.25) is 0 Å². The van der Waals surface area contributed by atoms with Crippen molar-refractivity contribution in [3.05, 3.63) is 105 Å². The Labute approximate surface area is 198 Å². The van der Waals surface area contributed by atoms with Gasteiger partial charge in [-0.3, -0.25) is 10.1 Å². The molecule has 0 bridgehead atoms. The fraction of sp³-hybridized carbons (Fsp3) is 0.143. The van der Waals surface area contributed by atoms with E-state index >= 15 is 0 Å². The Bertz CT molecular complexity index is 1440. The molecular weight excluding hydrogens is 424 g/mol. The summed E-state index contributed by atoms with van der Waals surface area (Å²) in [5, 5.41) is 14.3. The number of rotatable bonds is 6. The number of aromatic amines is 2. The van der Waals surface area contributed by atoms with Gasteiger partial charge >= 0.3 is 0 Å². The molecule has 166 valence electrons. The van der Waals surface area contributed by atoms with Crippen molar-refractivity contribution in [1.82, 2.24) is 20.2 Å². The summed E-state index contributed by atoms with van der Waals surface area (Å²) < 4.78 is 0. The van der Waals surface area contributed by atoms with E-state index < -0.39 is 0 Å². The monoisotopic (exact) mass is 452 g/mol. The van der Waals surface area contributed by atoms with E-state index in [4.69, 9.17) is 5.10 Å². The number of hydrogen-bond donors (Lipinski definition) is 2. The average molecular weight is 453 g/mol. The van der Waals surface area contributed by atoms with Crippen LogP contribution in [-0.2, 0) is 0 Å². The van der Waals surface area contributed by atoms with Crippen LogP contribution in [0.4, 0.5) is 0 Å².